The van der Waals surface area contributed by atoms with E-state index in [1.54, 1.807) is 35.1 Å². The molecule has 0 aliphatic rings. The van der Waals surface area contributed by atoms with Gasteiger partial charge in [0.15, 0.2) is 11.3 Å². The van der Waals surface area contributed by atoms with E-state index in [0.29, 0.717) is 22.1 Å². The highest BCUT2D eigenvalue weighted by molar-refractivity contribution is 14.1. The van der Waals surface area contributed by atoms with E-state index in [1.807, 2.05) is 6.07 Å². The fourth-order valence-corrected chi connectivity index (χ4v) is 4.32. The predicted octanol–water partition coefficient (Wildman–Crippen LogP) is 6.44. The van der Waals surface area contributed by atoms with Gasteiger partial charge in [-0.25, -0.2) is 19.0 Å². The Morgan fingerprint density at radius 2 is 1.09 bits per heavy atom. The smallest absolute Gasteiger partial charge is 0.423 e. The van der Waals surface area contributed by atoms with Gasteiger partial charge in [0.25, 0.3) is 0 Å². The standard InChI is InChI=1S/C13H7ClF3N3.C7H6BF3O2.C6H3ClIN3/c14-11-5-6-12-18-7-10(20(12)19-11)8-1-3-9(4-2-8)13(15,16)17;9-7(10,11)5-1-3-6(4-2-5)8(12)13;7-4-1-2-6-9-3-5(8)11(6)10-4/h1-7H;1-4,12-13H;1-3H. The van der Waals surface area contributed by atoms with Crippen molar-refractivity contribution in [2.45, 2.75) is 12.4 Å². The molecule has 6 rings (SSSR count). The summed E-state index contributed by atoms with van der Waals surface area (Å²) >= 11 is 13.6. The minimum absolute atomic E-state index is 0.0352. The van der Waals surface area contributed by atoms with E-state index in [9.17, 15) is 26.3 Å². The molecule has 4 heterocycles. The highest BCUT2D eigenvalue weighted by Gasteiger charge is 2.31. The van der Waals surface area contributed by atoms with Gasteiger partial charge in [0.05, 0.1) is 29.2 Å². The van der Waals surface area contributed by atoms with E-state index in [4.69, 9.17) is 33.2 Å². The summed E-state index contributed by atoms with van der Waals surface area (Å²) < 4.78 is 77.7. The second-order valence-electron chi connectivity index (χ2n) is 8.65. The first-order chi connectivity index (χ1) is 20.6. The Balaban J connectivity index is 0.000000160. The average Bonchev–Trinajstić information content (AvgIpc) is 3.55. The van der Waals surface area contributed by atoms with Gasteiger partial charge in [-0.1, -0.05) is 59.6 Å². The molecule has 0 aliphatic carbocycles. The summed E-state index contributed by atoms with van der Waals surface area (Å²) in [5, 5.41) is 26.1. The number of imidazole rings is 2. The second-order valence-corrected chi connectivity index (χ2v) is 10.5. The monoisotopic (exact) mass is 766 g/mol. The van der Waals surface area contributed by atoms with Crippen molar-refractivity contribution in [3.05, 3.63) is 110 Å². The predicted molar refractivity (Wildman–Crippen MR) is 160 cm³/mol. The molecule has 0 fully saturated rings. The molecule has 2 N–H and O–H groups in total. The highest BCUT2D eigenvalue weighted by atomic mass is 127. The van der Waals surface area contributed by atoms with E-state index in [2.05, 4.69) is 42.8 Å². The Kier molecular flexibility index (Phi) is 10.4. The lowest BCUT2D eigenvalue weighted by molar-refractivity contribution is -0.138. The zero-order chi connectivity index (χ0) is 32.2. The molecule has 0 saturated heterocycles. The zero-order valence-electron chi connectivity index (χ0n) is 21.6. The first-order valence-electron chi connectivity index (χ1n) is 12.0. The van der Waals surface area contributed by atoms with Gasteiger partial charge in [-0.05, 0) is 64.5 Å². The molecule has 8 nitrogen and oxygen atoms in total. The number of rotatable bonds is 2. The number of hydrogen-bond donors (Lipinski definition) is 2. The van der Waals surface area contributed by atoms with Crippen LogP contribution in [-0.4, -0.2) is 46.4 Å². The molecule has 0 radical (unpaired) electrons. The van der Waals surface area contributed by atoms with Crippen LogP contribution in [0.2, 0.25) is 10.3 Å². The molecular formula is C26H16BCl2F6IN6O2. The lowest BCUT2D eigenvalue weighted by Crippen LogP contribution is -2.29. The Bertz CT molecular complexity index is 1870. The van der Waals surface area contributed by atoms with E-state index >= 15 is 0 Å². The van der Waals surface area contributed by atoms with Crippen LogP contribution in [0.25, 0.3) is 22.6 Å². The van der Waals surface area contributed by atoms with Gasteiger partial charge in [-0.15, -0.1) is 0 Å². The number of hydrogen-bond acceptors (Lipinski definition) is 6. The van der Waals surface area contributed by atoms with Crippen LogP contribution in [0.3, 0.4) is 0 Å². The molecule has 6 aromatic rings. The molecule has 0 amide bonds. The van der Waals surface area contributed by atoms with Crippen molar-refractivity contribution in [3.8, 4) is 11.3 Å². The van der Waals surface area contributed by atoms with Crippen LogP contribution < -0.4 is 5.46 Å². The van der Waals surface area contributed by atoms with Gasteiger partial charge in [0.2, 0.25) is 0 Å². The van der Waals surface area contributed by atoms with Crippen LogP contribution in [0.15, 0.2) is 85.2 Å². The van der Waals surface area contributed by atoms with E-state index < -0.39 is 30.6 Å². The normalized spacial score (nSPS) is 11.5. The number of benzene rings is 2. The first-order valence-corrected chi connectivity index (χ1v) is 13.8. The fourth-order valence-electron chi connectivity index (χ4n) is 3.54. The molecule has 44 heavy (non-hydrogen) atoms. The van der Waals surface area contributed by atoms with Crippen LogP contribution in [0, 0.1) is 3.70 Å². The molecule has 0 aliphatic heterocycles. The van der Waals surface area contributed by atoms with E-state index in [0.717, 1.165) is 45.7 Å². The Morgan fingerprint density at radius 3 is 1.59 bits per heavy atom. The van der Waals surface area contributed by atoms with Gasteiger partial charge in [-0.2, -0.15) is 36.5 Å². The van der Waals surface area contributed by atoms with Crippen molar-refractivity contribution in [1.82, 2.24) is 29.2 Å². The summed E-state index contributed by atoms with van der Waals surface area (Å²) in [5.74, 6) is 0. The van der Waals surface area contributed by atoms with Crippen molar-refractivity contribution in [3.63, 3.8) is 0 Å². The van der Waals surface area contributed by atoms with Crippen LogP contribution in [0.4, 0.5) is 26.3 Å². The highest BCUT2D eigenvalue weighted by Crippen LogP contribution is 2.31. The maximum atomic E-state index is 12.5. The molecule has 2 aromatic carbocycles. The van der Waals surface area contributed by atoms with Gasteiger partial charge >= 0.3 is 19.5 Å². The summed E-state index contributed by atoms with van der Waals surface area (Å²) in [6.07, 6.45) is -5.45. The molecule has 0 saturated carbocycles. The average molecular weight is 767 g/mol. The lowest BCUT2D eigenvalue weighted by atomic mass is 9.80. The largest absolute Gasteiger partial charge is 0.488 e. The summed E-state index contributed by atoms with van der Waals surface area (Å²) in [7, 11) is -1.73. The fraction of sp³-hybridized carbons (Fsp3) is 0.0769. The summed E-state index contributed by atoms with van der Waals surface area (Å²) in [5.41, 5.74) is 1.09. The minimum Gasteiger partial charge on any atom is -0.423 e. The SMILES string of the molecule is Clc1ccc2ncc(I)n2n1.FC(F)(F)c1ccc(-c2cnc3ccc(Cl)nn23)cc1.OB(O)c1ccc(C(F)(F)F)cc1. The molecule has 0 bridgehead atoms. The van der Waals surface area contributed by atoms with Gasteiger partial charge in [0, 0.05) is 5.56 Å². The topological polar surface area (TPSA) is 101 Å². The summed E-state index contributed by atoms with van der Waals surface area (Å²) in [6, 6.07) is 15.3. The molecule has 0 unspecified atom stereocenters. The van der Waals surface area contributed by atoms with Crippen molar-refractivity contribution in [2.75, 3.05) is 0 Å². The van der Waals surface area contributed by atoms with E-state index in [1.165, 1.54) is 16.6 Å². The van der Waals surface area contributed by atoms with Gasteiger partial charge < -0.3 is 10.0 Å². The first kappa shape index (κ1) is 33.4. The van der Waals surface area contributed by atoms with Crippen molar-refractivity contribution >= 4 is 69.7 Å². The molecule has 0 spiro atoms. The molecule has 4 aromatic heterocycles. The summed E-state index contributed by atoms with van der Waals surface area (Å²) in [6.45, 7) is 0. The van der Waals surface area contributed by atoms with Crippen molar-refractivity contribution in [2.24, 2.45) is 0 Å². The third-order valence-electron chi connectivity index (χ3n) is 5.66. The number of nitrogens with zero attached hydrogens (tertiary/aromatic N) is 6. The maximum absolute atomic E-state index is 12.5. The van der Waals surface area contributed by atoms with Gasteiger partial charge in [0.1, 0.15) is 14.0 Å². The van der Waals surface area contributed by atoms with Crippen LogP contribution in [-0.2, 0) is 12.4 Å². The van der Waals surface area contributed by atoms with E-state index in [-0.39, 0.29) is 10.6 Å². The van der Waals surface area contributed by atoms with Crippen molar-refractivity contribution < 1.29 is 36.4 Å². The van der Waals surface area contributed by atoms with Gasteiger partial charge in [-0.3, -0.25) is 0 Å². The third kappa shape index (κ3) is 8.38. The Hall–Kier alpha value is -3.45. The molecule has 228 valence electrons. The molecule has 0 atom stereocenters. The van der Waals surface area contributed by atoms with Crippen LogP contribution in [0.1, 0.15) is 11.1 Å². The van der Waals surface area contributed by atoms with Crippen molar-refractivity contribution in [1.29, 1.82) is 0 Å². The Morgan fingerprint density at radius 1 is 0.636 bits per heavy atom. The maximum Gasteiger partial charge on any atom is 0.488 e. The number of alkyl halides is 6. The summed E-state index contributed by atoms with van der Waals surface area (Å²) in [4.78, 5) is 8.22. The number of fused-ring (bicyclic) bond motifs is 2. The quantitative estimate of drug-likeness (QED) is 0.120. The number of halogens is 9. The second kappa shape index (κ2) is 13.7. The zero-order valence-corrected chi connectivity index (χ0v) is 25.3. The Labute approximate surface area is 268 Å². The molecular weight excluding hydrogens is 751 g/mol. The van der Waals surface area contributed by atoms with Crippen LogP contribution in [0.5, 0.6) is 0 Å². The molecule has 18 heteroatoms. The third-order valence-corrected chi connectivity index (χ3v) is 6.80. The lowest BCUT2D eigenvalue weighted by Gasteiger charge is -2.07. The van der Waals surface area contributed by atoms with Crippen LogP contribution >= 0.6 is 45.8 Å². The minimum atomic E-state index is -4.39. The number of aromatic nitrogens is 6.